The van der Waals surface area contributed by atoms with Gasteiger partial charge in [-0.15, -0.1) is 0 Å². The topological polar surface area (TPSA) is 35.7 Å². The molecule has 0 bridgehead atoms. The minimum absolute atomic E-state index is 0.348. The van der Waals surface area contributed by atoms with Gasteiger partial charge in [0.25, 0.3) is 0 Å². The Balaban J connectivity index is 1.88. The van der Waals surface area contributed by atoms with Crippen LogP contribution < -0.4 is 5.73 Å². The Labute approximate surface area is 73.9 Å². The summed E-state index contributed by atoms with van der Waals surface area (Å²) >= 11 is 0. The summed E-state index contributed by atoms with van der Waals surface area (Å²) in [5, 5.41) is 4.67. The number of likely N-dealkylation sites (tertiary alicyclic amines) is 1. The molecule has 4 nitrogen and oxygen atoms in total. The highest BCUT2D eigenvalue weighted by atomic mass is 15.7. The lowest BCUT2D eigenvalue weighted by Crippen LogP contribution is -2.59. The van der Waals surface area contributed by atoms with Gasteiger partial charge in [0.2, 0.25) is 0 Å². The van der Waals surface area contributed by atoms with E-state index < -0.39 is 0 Å². The summed E-state index contributed by atoms with van der Waals surface area (Å²) in [6.45, 7) is 4.43. The number of hydrogen-bond donors (Lipinski definition) is 1. The second kappa shape index (κ2) is 2.96. The molecule has 0 saturated carbocycles. The highest BCUT2D eigenvalue weighted by molar-refractivity contribution is 4.89. The zero-order chi connectivity index (χ0) is 8.72. The lowest BCUT2D eigenvalue weighted by molar-refractivity contribution is -0.0524. The van der Waals surface area contributed by atoms with E-state index in [0.29, 0.717) is 12.1 Å². The maximum absolute atomic E-state index is 5.87. The van der Waals surface area contributed by atoms with E-state index in [9.17, 15) is 0 Å². The van der Waals surface area contributed by atoms with E-state index in [2.05, 4.69) is 29.0 Å². The minimum Gasteiger partial charge on any atom is -0.325 e. The molecule has 2 aliphatic heterocycles. The smallest absolute Gasteiger partial charge is 0.0500 e. The molecule has 2 saturated heterocycles. The Morgan fingerprint density at radius 3 is 2.17 bits per heavy atom. The van der Waals surface area contributed by atoms with Crippen molar-refractivity contribution in [3.05, 3.63) is 0 Å². The van der Waals surface area contributed by atoms with Crippen LogP contribution in [-0.4, -0.2) is 67.3 Å². The monoisotopic (exact) mass is 170 g/mol. The highest BCUT2D eigenvalue weighted by Crippen LogP contribution is 2.18. The molecular formula is C8H18N4. The van der Waals surface area contributed by atoms with Crippen LogP contribution in [0.5, 0.6) is 0 Å². The number of hydrogen-bond acceptors (Lipinski definition) is 4. The van der Waals surface area contributed by atoms with Crippen molar-refractivity contribution in [3.8, 4) is 0 Å². The molecule has 2 heterocycles. The van der Waals surface area contributed by atoms with Crippen LogP contribution in [0.4, 0.5) is 0 Å². The lowest BCUT2D eigenvalue weighted by atomic mass is 10.1. The largest absolute Gasteiger partial charge is 0.325 e. The van der Waals surface area contributed by atoms with E-state index in [0.717, 1.165) is 13.1 Å². The van der Waals surface area contributed by atoms with E-state index in [4.69, 9.17) is 5.73 Å². The molecule has 2 fully saturated rings. The fourth-order valence-corrected chi connectivity index (χ4v) is 2.16. The second-order valence-electron chi connectivity index (χ2n) is 4.10. The molecule has 0 spiro atoms. The molecular weight excluding hydrogens is 152 g/mol. The number of likely N-dealkylation sites (N-methyl/N-ethyl adjacent to an activating group) is 2. The van der Waals surface area contributed by atoms with Crippen molar-refractivity contribution in [1.29, 1.82) is 0 Å². The van der Waals surface area contributed by atoms with Gasteiger partial charge in [-0.2, -0.15) is 0 Å². The summed E-state index contributed by atoms with van der Waals surface area (Å²) in [5.74, 6) is 0. The molecule has 1 unspecified atom stereocenters. The third-order valence-electron chi connectivity index (χ3n) is 2.83. The normalized spacial score (nSPS) is 35.8. The molecule has 70 valence electrons. The molecule has 0 aliphatic carbocycles. The average Bonchev–Trinajstić information content (AvgIpc) is 2.23. The molecule has 0 radical (unpaired) electrons. The van der Waals surface area contributed by atoms with E-state index >= 15 is 0 Å². The van der Waals surface area contributed by atoms with Gasteiger partial charge in [-0.05, 0) is 7.05 Å². The molecule has 4 heteroatoms. The van der Waals surface area contributed by atoms with Gasteiger partial charge in [0.15, 0.2) is 0 Å². The van der Waals surface area contributed by atoms with Crippen molar-refractivity contribution in [1.82, 2.24) is 14.9 Å². The van der Waals surface area contributed by atoms with Gasteiger partial charge in [0.1, 0.15) is 0 Å². The van der Waals surface area contributed by atoms with Crippen LogP contribution in [0, 0.1) is 0 Å². The van der Waals surface area contributed by atoms with E-state index in [1.54, 1.807) is 0 Å². The van der Waals surface area contributed by atoms with Crippen LogP contribution in [0.15, 0.2) is 0 Å². The first-order chi connectivity index (χ1) is 5.66. The van der Waals surface area contributed by atoms with Crippen molar-refractivity contribution in [3.63, 3.8) is 0 Å². The Kier molecular flexibility index (Phi) is 2.08. The minimum atomic E-state index is 0.348. The number of hydrazine groups is 1. The van der Waals surface area contributed by atoms with Gasteiger partial charge in [-0.3, -0.25) is 0 Å². The molecule has 0 aromatic heterocycles. The van der Waals surface area contributed by atoms with Crippen molar-refractivity contribution in [2.24, 2.45) is 5.73 Å². The highest BCUT2D eigenvalue weighted by Gasteiger charge is 2.36. The Bertz CT molecular complexity index is 166. The Morgan fingerprint density at radius 1 is 1.08 bits per heavy atom. The van der Waals surface area contributed by atoms with Crippen LogP contribution in [-0.2, 0) is 0 Å². The Morgan fingerprint density at radius 2 is 1.75 bits per heavy atom. The summed E-state index contributed by atoms with van der Waals surface area (Å²) in [7, 11) is 4.29. The summed E-state index contributed by atoms with van der Waals surface area (Å²) in [5.41, 5.74) is 5.87. The summed E-state index contributed by atoms with van der Waals surface area (Å²) < 4.78 is 0. The average molecular weight is 170 g/mol. The first-order valence-corrected chi connectivity index (χ1v) is 4.58. The van der Waals surface area contributed by atoms with Gasteiger partial charge >= 0.3 is 0 Å². The standard InChI is InChI=1S/C8H18N4/c1-10-5-8(6-10)12-4-7(9)3-11(12)2/h7-8H,3-6,9H2,1-2H3. The van der Waals surface area contributed by atoms with E-state index in [-0.39, 0.29) is 0 Å². The van der Waals surface area contributed by atoms with Crippen molar-refractivity contribution in [2.45, 2.75) is 12.1 Å². The molecule has 2 rings (SSSR count). The summed E-state index contributed by atoms with van der Waals surface area (Å²) in [4.78, 5) is 2.34. The molecule has 0 aromatic rings. The van der Waals surface area contributed by atoms with Gasteiger partial charge in [0, 0.05) is 39.3 Å². The zero-order valence-electron chi connectivity index (χ0n) is 7.90. The number of nitrogens with zero attached hydrogens (tertiary/aromatic N) is 3. The van der Waals surface area contributed by atoms with Crippen LogP contribution in [0.1, 0.15) is 0 Å². The molecule has 12 heavy (non-hydrogen) atoms. The molecule has 0 amide bonds. The van der Waals surface area contributed by atoms with Gasteiger partial charge in [0.05, 0.1) is 6.04 Å². The van der Waals surface area contributed by atoms with Gasteiger partial charge < -0.3 is 10.6 Å². The van der Waals surface area contributed by atoms with Crippen molar-refractivity contribution in [2.75, 3.05) is 40.3 Å². The van der Waals surface area contributed by atoms with E-state index in [1.807, 2.05) is 0 Å². The SMILES string of the molecule is CN1CC(N2CC(N)CN2C)C1. The fourth-order valence-electron chi connectivity index (χ4n) is 2.16. The quantitative estimate of drug-likeness (QED) is 0.536. The maximum atomic E-state index is 5.87. The third-order valence-corrected chi connectivity index (χ3v) is 2.83. The maximum Gasteiger partial charge on any atom is 0.0500 e. The first kappa shape index (κ1) is 8.44. The third kappa shape index (κ3) is 1.35. The molecule has 2 N–H and O–H groups in total. The molecule has 0 aromatic carbocycles. The van der Waals surface area contributed by atoms with Crippen molar-refractivity contribution < 1.29 is 0 Å². The summed E-state index contributed by atoms with van der Waals surface area (Å²) in [6, 6.07) is 1.06. The van der Waals surface area contributed by atoms with Crippen LogP contribution in [0.2, 0.25) is 0 Å². The zero-order valence-corrected chi connectivity index (χ0v) is 7.90. The van der Waals surface area contributed by atoms with Crippen molar-refractivity contribution >= 4 is 0 Å². The van der Waals surface area contributed by atoms with Crippen LogP contribution in [0.25, 0.3) is 0 Å². The molecule has 1 atom stereocenters. The van der Waals surface area contributed by atoms with E-state index in [1.165, 1.54) is 13.1 Å². The fraction of sp³-hybridized carbons (Fsp3) is 1.00. The second-order valence-corrected chi connectivity index (χ2v) is 4.10. The van der Waals surface area contributed by atoms with Gasteiger partial charge in [-0.1, -0.05) is 0 Å². The predicted molar refractivity (Wildman–Crippen MR) is 48.6 cm³/mol. The first-order valence-electron chi connectivity index (χ1n) is 4.58. The summed E-state index contributed by atoms with van der Waals surface area (Å²) in [6.07, 6.45) is 0. The lowest BCUT2D eigenvalue weighted by Gasteiger charge is -2.44. The number of nitrogens with two attached hydrogens (primary N) is 1. The number of rotatable bonds is 1. The Hall–Kier alpha value is -0.160. The van der Waals surface area contributed by atoms with Crippen LogP contribution in [0.3, 0.4) is 0 Å². The van der Waals surface area contributed by atoms with Crippen LogP contribution >= 0.6 is 0 Å². The predicted octanol–water partition coefficient (Wildman–Crippen LogP) is -1.21. The van der Waals surface area contributed by atoms with Gasteiger partial charge in [-0.25, -0.2) is 10.0 Å². The molecule has 2 aliphatic rings.